The lowest BCUT2D eigenvalue weighted by Crippen LogP contribution is -2.19. The second kappa shape index (κ2) is 6.57. The normalized spacial score (nSPS) is 11.9. The molecule has 2 heterocycles. The van der Waals surface area contributed by atoms with Crippen molar-refractivity contribution in [3.8, 4) is 0 Å². The molecule has 0 radical (unpaired) electrons. The summed E-state index contributed by atoms with van der Waals surface area (Å²) in [4.78, 5) is 18.3. The Bertz CT molecular complexity index is 983. The van der Waals surface area contributed by atoms with E-state index >= 15 is 0 Å². The highest BCUT2D eigenvalue weighted by molar-refractivity contribution is 6.35. The zero-order chi connectivity index (χ0) is 18.2. The summed E-state index contributed by atoms with van der Waals surface area (Å²) in [5.74, 6) is -0.0139. The van der Waals surface area contributed by atoms with E-state index in [0.717, 1.165) is 10.6 Å². The Balaban J connectivity index is 1.83. The second-order valence-electron chi connectivity index (χ2n) is 5.18. The van der Waals surface area contributed by atoms with E-state index in [4.69, 9.17) is 23.2 Å². The maximum Gasteiger partial charge on any atom is 0.394 e. The average Bonchev–Trinajstić information content (AvgIpc) is 2.88. The van der Waals surface area contributed by atoms with Crippen LogP contribution in [0.5, 0.6) is 0 Å². The number of aromatic nitrogens is 4. The number of halogens is 5. The lowest BCUT2D eigenvalue weighted by atomic mass is 10.2. The molecule has 1 aromatic carbocycles. The largest absolute Gasteiger partial charge is 0.394 e. The fourth-order valence-electron chi connectivity index (χ4n) is 2.16. The number of hydrogen-bond donors (Lipinski definition) is 2. The Morgan fingerprint density at radius 1 is 1.24 bits per heavy atom. The van der Waals surface area contributed by atoms with E-state index in [1.165, 1.54) is 0 Å². The number of hydrogen-bond acceptors (Lipinski definition) is 4. The highest BCUT2D eigenvalue weighted by Gasteiger charge is 2.28. The van der Waals surface area contributed by atoms with Crippen LogP contribution in [-0.2, 0) is 13.0 Å². The molecule has 6 nitrogen and oxygen atoms in total. The van der Waals surface area contributed by atoms with Gasteiger partial charge < -0.3 is 10.3 Å². The van der Waals surface area contributed by atoms with E-state index in [2.05, 4.69) is 20.4 Å². The molecule has 11 heteroatoms. The predicted molar refractivity (Wildman–Crippen MR) is 87.2 cm³/mol. The number of rotatable bonds is 4. The van der Waals surface area contributed by atoms with Gasteiger partial charge >= 0.3 is 6.18 Å². The minimum Gasteiger partial charge on any atom is -0.349 e. The van der Waals surface area contributed by atoms with Crippen molar-refractivity contribution < 1.29 is 13.2 Å². The van der Waals surface area contributed by atoms with Crippen molar-refractivity contribution >= 4 is 34.9 Å². The molecule has 0 atom stereocenters. The van der Waals surface area contributed by atoms with Gasteiger partial charge in [0.1, 0.15) is 0 Å². The summed E-state index contributed by atoms with van der Waals surface area (Å²) in [5.41, 5.74) is -0.281. The maximum absolute atomic E-state index is 12.5. The first-order chi connectivity index (χ1) is 11.7. The molecular weight excluding hydrogens is 382 g/mol. The van der Waals surface area contributed by atoms with E-state index in [9.17, 15) is 18.0 Å². The molecule has 0 aliphatic carbocycles. The molecule has 2 N–H and O–H groups in total. The third-order valence-electron chi connectivity index (χ3n) is 3.23. The summed E-state index contributed by atoms with van der Waals surface area (Å²) in [7, 11) is 0. The Labute approximate surface area is 148 Å². The molecule has 132 valence electrons. The van der Waals surface area contributed by atoms with Gasteiger partial charge in [0.2, 0.25) is 11.7 Å². The smallest absolute Gasteiger partial charge is 0.349 e. The van der Waals surface area contributed by atoms with Crippen molar-refractivity contribution in [3.63, 3.8) is 0 Å². The molecule has 0 fully saturated rings. The number of aromatic amines is 1. The van der Waals surface area contributed by atoms with Gasteiger partial charge in [-0.1, -0.05) is 29.3 Å². The molecular formula is C14H10Cl2F3N5O. The molecule has 3 rings (SSSR count). The topological polar surface area (TPSA) is 75.1 Å². The van der Waals surface area contributed by atoms with Gasteiger partial charge in [-0.2, -0.15) is 22.7 Å². The average molecular weight is 392 g/mol. The quantitative estimate of drug-likeness (QED) is 0.714. The minimum absolute atomic E-state index is 0.0727. The number of fused-ring (bicyclic) bond motifs is 1. The van der Waals surface area contributed by atoms with Crippen LogP contribution < -0.4 is 10.9 Å². The van der Waals surface area contributed by atoms with E-state index in [1.807, 2.05) is 0 Å². The van der Waals surface area contributed by atoms with Crippen LogP contribution >= 0.6 is 23.2 Å². The second-order valence-corrected chi connectivity index (χ2v) is 6.03. The third-order valence-corrected chi connectivity index (χ3v) is 3.82. The molecule has 0 aliphatic heterocycles. The number of nitrogens with zero attached hydrogens (tertiary/aromatic N) is 3. The van der Waals surface area contributed by atoms with Gasteiger partial charge in [-0.05, 0) is 17.7 Å². The van der Waals surface area contributed by atoms with Crippen LogP contribution in [0.25, 0.3) is 5.78 Å². The van der Waals surface area contributed by atoms with E-state index in [1.54, 1.807) is 18.2 Å². The van der Waals surface area contributed by atoms with Crippen molar-refractivity contribution in [2.24, 2.45) is 0 Å². The molecule has 0 saturated heterocycles. The lowest BCUT2D eigenvalue weighted by molar-refractivity contribution is -0.127. The van der Waals surface area contributed by atoms with Crippen LogP contribution in [0, 0.1) is 0 Å². The van der Waals surface area contributed by atoms with Gasteiger partial charge in [0.25, 0.3) is 5.56 Å². The molecule has 0 spiro atoms. The van der Waals surface area contributed by atoms with Gasteiger partial charge in [0.15, 0.2) is 0 Å². The number of alkyl halides is 3. The van der Waals surface area contributed by atoms with Gasteiger partial charge in [-0.25, -0.2) is 0 Å². The molecule has 0 amide bonds. The molecule has 0 bridgehead atoms. The van der Waals surface area contributed by atoms with Crippen molar-refractivity contribution in [2.45, 2.75) is 19.1 Å². The number of H-pyrrole nitrogens is 1. The number of benzene rings is 1. The number of nitrogens with one attached hydrogen (secondary N) is 2. The standard InChI is InChI=1S/C14H10Cl2F3N5O/c15-8-2-1-7(10(16)3-8)6-20-12-22-13-21-9(5-14(17,18)19)4-11(25)24(13)23-12/h1-4H,5-6H2,(H2,20,21,22,23). The van der Waals surface area contributed by atoms with Crippen molar-refractivity contribution in [2.75, 3.05) is 5.32 Å². The lowest BCUT2D eigenvalue weighted by Gasteiger charge is -2.05. The summed E-state index contributed by atoms with van der Waals surface area (Å²) in [6.45, 7) is 0.247. The van der Waals surface area contributed by atoms with Crippen molar-refractivity contribution in [1.82, 2.24) is 19.6 Å². The Hall–Kier alpha value is -2.26. The first kappa shape index (κ1) is 17.6. The predicted octanol–water partition coefficient (Wildman–Crippen LogP) is 3.44. The summed E-state index contributed by atoms with van der Waals surface area (Å²) in [6, 6.07) is 5.79. The fraction of sp³-hybridized carbons (Fsp3) is 0.214. The molecule has 25 heavy (non-hydrogen) atoms. The first-order valence-electron chi connectivity index (χ1n) is 6.95. The van der Waals surface area contributed by atoms with Crippen LogP contribution in [-0.4, -0.2) is 25.8 Å². The van der Waals surface area contributed by atoms with Gasteiger partial charge in [0.05, 0.1) is 6.42 Å². The zero-order valence-corrected chi connectivity index (χ0v) is 13.9. The highest BCUT2D eigenvalue weighted by atomic mass is 35.5. The molecule has 0 saturated carbocycles. The third kappa shape index (κ3) is 4.23. The van der Waals surface area contributed by atoms with Crippen LogP contribution in [0.3, 0.4) is 0 Å². The highest BCUT2D eigenvalue weighted by Crippen LogP contribution is 2.22. The van der Waals surface area contributed by atoms with Gasteiger partial charge in [-0.15, -0.1) is 5.10 Å². The minimum atomic E-state index is -4.44. The van der Waals surface area contributed by atoms with Crippen molar-refractivity contribution in [3.05, 3.63) is 55.9 Å². The van der Waals surface area contributed by atoms with Crippen LogP contribution in [0.1, 0.15) is 11.3 Å². The van der Waals surface area contributed by atoms with Crippen LogP contribution in [0.4, 0.5) is 19.1 Å². The van der Waals surface area contributed by atoms with Crippen LogP contribution in [0.15, 0.2) is 29.1 Å². The summed E-state index contributed by atoms with van der Waals surface area (Å²) in [5, 5.41) is 7.69. The first-order valence-corrected chi connectivity index (χ1v) is 7.70. The molecule has 3 aromatic rings. The van der Waals surface area contributed by atoms with Gasteiger partial charge in [-0.3, -0.25) is 4.79 Å². The zero-order valence-electron chi connectivity index (χ0n) is 12.4. The summed E-state index contributed by atoms with van der Waals surface area (Å²) >= 11 is 11.9. The summed E-state index contributed by atoms with van der Waals surface area (Å²) in [6.07, 6.45) is -5.69. The van der Waals surface area contributed by atoms with Gasteiger partial charge in [0, 0.05) is 28.4 Å². The Morgan fingerprint density at radius 3 is 2.68 bits per heavy atom. The fourth-order valence-corrected chi connectivity index (χ4v) is 2.64. The van der Waals surface area contributed by atoms with Crippen molar-refractivity contribution in [1.29, 1.82) is 0 Å². The van der Waals surface area contributed by atoms with E-state index in [-0.39, 0.29) is 24.0 Å². The summed E-state index contributed by atoms with van der Waals surface area (Å²) < 4.78 is 38.2. The Kier molecular flexibility index (Phi) is 4.61. The molecule has 2 aromatic heterocycles. The monoisotopic (exact) mass is 391 g/mol. The van der Waals surface area contributed by atoms with E-state index < -0.39 is 18.2 Å². The maximum atomic E-state index is 12.5. The van der Waals surface area contributed by atoms with Crippen LogP contribution in [0.2, 0.25) is 10.0 Å². The number of anilines is 1. The molecule has 0 aliphatic rings. The Morgan fingerprint density at radius 2 is 2.00 bits per heavy atom. The van der Waals surface area contributed by atoms with E-state index in [0.29, 0.717) is 15.6 Å². The molecule has 0 unspecified atom stereocenters. The SMILES string of the molecule is O=c1cc(CC(F)(F)F)[nH]c2nc(NCc3ccc(Cl)cc3Cl)nn12.